The van der Waals surface area contributed by atoms with Gasteiger partial charge in [-0.15, -0.1) is 0 Å². The number of rotatable bonds is 10. The molecule has 0 unspecified atom stereocenters. The van der Waals surface area contributed by atoms with E-state index in [1.165, 1.54) is 6.07 Å². The molecule has 0 radical (unpaired) electrons. The zero-order valence-corrected chi connectivity index (χ0v) is 24.1. The summed E-state index contributed by atoms with van der Waals surface area (Å²) in [5.41, 5.74) is 3.62. The average molecular weight is 581 g/mol. The molecule has 0 spiro atoms. The van der Waals surface area contributed by atoms with Crippen LogP contribution in [0.15, 0.2) is 71.4 Å². The van der Waals surface area contributed by atoms with E-state index in [1.807, 2.05) is 55.4 Å². The minimum atomic E-state index is -0.199. The number of nitrogens with zero attached hydrogens (tertiary/aromatic N) is 3. The number of nitrogens with one attached hydrogen (secondary N) is 1. The van der Waals surface area contributed by atoms with E-state index in [4.69, 9.17) is 14.0 Å². The number of likely N-dealkylation sites (N-methyl/N-ethyl adjacent to an activating group) is 1. The summed E-state index contributed by atoms with van der Waals surface area (Å²) in [6.07, 6.45) is 3.35. The van der Waals surface area contributed by atoms with Crippen LogP contribution >= 0.6 is 0 Å². The molecule has 0 saturated heterocycles. The van der Waals surface area contributed by atoms with Crippen molar-refractivity contribution in [3.63, 3.8) is 0 Å². The molecule has 3 aromatic carbocycles. The monoisotopic (exact) mass is 580 g/mol. The number of anilines is 1. The van der Waals surface area contributed by atoms with Crippen LogP contribution in [-0.2, 0) is 4.79 Å². The van der Waals surface area contributed by atoms with E-state index in [0.29, 0.717) is 57.1 Å². The summed E-state index contributed by atoms with van der Waals surface area (Å²) in [6, 6.07) is 17.6. The first kappa shape index (κ1) is 28.0. The van der Waals surface area contributed by atoms with Gasteiger partial charge >= 0.3 is 0 Å². The number of phenols is 2. The summed E-state index contributed by atoms with van der Waals surface area (Å²) in [5, 5.41) is 30.0. The minimum Gasteiger partial charge on any atom is -0.507 e. The largest absolute Gasteiger partial charge is 0.507 e. The third-order valence-corrected chi connectivity index (χ3v) is 7.44. The molecule has 3 N–H and O–H groups in total. The summed E-state index contributed by atoms with van der Waals surface area (Å²) in [5.74, 6) is 0.964. The number of amides is 1. The van der Waals surface area contributed by atoms with Gasteiger partial charge in [-0.2, -0.15) is 0 Å². The lowest BCUT2D eigenvalue weighted by atomic mass is 9.94. The van der Waals surface area contributed by atoms with E-state index >= 15 is 0 Å². The molecule has 220 valence electrons. The molecular formula is C33H32N4O6. The molecule has 1 aliphatic rings. The quantitative estimate of drug-likeness (QED) is 0.184. The average Bonchev–Trinajstić information content (AvgIpc) is 3.78. The second-order valence-corrected chi connectivity index (χ2v) is 10.8. The Kier molecular flexibility index (Phi) is 7.60. The van der Waals surface area contributed by atoms with Crippen molar-refractivity contribution in [3.05, 3.63) is 66.9 Å². The highest BCUT2D eigenvalue weighted by Crippen LogP contribution is 2.47. The smallest absolute Gasteiger partial charge is 0.239 e. The van der Waals surface area contributed by atoms with Crippen LogP contribution in [0.25, 0.3) is 44.4 Å². The van der Waals surface area contributed by atoms with Crippen LogP contribution in [-0.4, -0.2) is 65.5 Å². The van der Waals surface area contributed by atoms with Gasteiger partial charge in [0.2, 0.25) is 11.8 Å². The molecule has 1 saturated carbocycles. The molecule has 2 heterocycles. The number of carbonyl (C=O) groups is 1. The van der Waals surface area contributed by atoms with E-state index in [-0.39, 0.29) is 29.2 Å². The van der Waals surface area contributed by atoms with E-state index in [1.54, 1.807) is 31.5 Å². The van der Waals surface area contributed by atoms with Gasteiger partial charge in [0.05, 0.1) is 12.7 Å². The van der Waals surface area contributed by atoms with Gasteiger partial charge in [-0.3, -0.25) is 15.1 Å². The van der Waals surface area contributed by atoms with E-state index < -0.39 is 0 Å². The summed E-state index contributed by atoms with van der Waals surface area (Å²) in [4.78, 5) is 19.3. The Morgan fingerprint density at radius 3 is 2.51 bits per heavy atom. The maximum atomic E-state index is 12.7. The molecule has 0 bridgehead atoms. The zero-order chi connectivity index (χ0) is 30.1. The normalized spacial score (nSPS) is 12.9. The van der Waals surface area contributed by atoms with E-state index in [9.17, 15) is 15.0 Å². The molecular weight excluding hydrogens is 548 g/mol. The first-order valence-corrected chi connectivity index (χ1v) is 14.0. The molecule has 0 atom stereocenters. The number of aromatic hydroxyl groups is 2. The van der Waals surface area contributed by atoms with Crippen LogP contribution < -0.4 is 14.8 Å². The van der Waals surface area contributed by atoms with Crippen LogP contribution in [0, 0.1) is 5.92 Å². The van der Waals surface area contributed by atoms with Gasteiger partial charge < -0.3 is 29.1 Å². The Hall–Kier alpha value is -5.09. The van der Waals surface area contributed by atoms with Gasteiger partial charge in [-0.25, -0.2) is 0 Å². The fourth-order valence-electron chi connectivity index (χ4n) is 4.96. The van der Waals surface area contributed by atoms with Gasteiger partial charge in [0, 0.05) is 41.2 Å². The highest BCUT2D eigenvalue weighted by Gasteiger charge is 2.32. The highest BCUT2D eigenvalue weighted by molar-refractivity contribution is 6.02. The summed E-state index contributed by atoms with van der Waals surface area (Å²) < 4.78 is 17.0. The van der Waals surface area contributed by atoms with Gasteiger partial charge in [0.25, 0.3) is 0 Å². The summed E-state index contributed by atoms with van der Waals surface area (Å²) in [7, 11) is 5.54. The molecule has 6 rings (SSSR count). The topological polar surface area (TPSA) is 130 Å². The Morgan fingerprint density at radius 1 is 1.02 bits per heavy atom. The minimum absolute atomic E-state index is 0.0531. The van der Waals surface area contributed by atoms with Gasteiger partial charge in [-0.05, 0) is 74.5 Å². The molecule has 2 aromatic heterocycles. The molecule has 1 aliphatic carbocycles. The van der Waals surface area contributed by atoms with Crippen LogP contribution in [0.4, 0.5) is 5.88 Å². The molecule has 0 aliphatic heterocycles. The lowest BCUT2D eigenvalue weighted by Crippen LogP contribution is -2.19. The molecule has 5 aromatic rings. The Morgan fingerprint density at radius 2 is 1.79 bits per heavy atom. The first-order chi connectivity index (χ1) is 20.8. The number of carbonyl (C=O) groups excluding carboxylic acids is 1. The maximum absolute atomic E-state index is 12.7. The number of fused-ring (bicyclic) bond motifs is 1. The third kappa shape index (κ3) is 5.69. The van der Waals surface area contributed by atoms with Gasteiger partial charge in [0.15, 0.2) is 0 Å². The van der Waals surface area contributed by atoms with Crippen molar-refractivity contribution in [1.29, 1.82) is 0 Å². The standard InChI is InChI=1S/C33H32N4O6/c1-37(2)15-16-42-28-13-12-22(23-5-4-14-34-30(23)28)24-17-25(27(39)18-26(24)38)31-29(19-8-10-21(41-3)11-9-19)33(43-36-31)35-32(40)20-6-7-20/h4-5,8-14,17-18,20,38-39H,6-7,15-16H2,1-3H3,(H,35,40). The van der Waals surface area contributed by atoms with Crippen molar-refractivity contribution < 1.29 is 29.0 Å². The van der Waals surface area contributed by atoms with E-state index in [2.05, 4.69) is 15.5 Å². The number of ether oxygens (including phenoxy) is 2. The Bertz CT molecular complexity index is 1790. The lowest BCUT2D eigenvalue weighted by Gasteiger charge is -2.15. The van der Waals surface area contributed by atoms with Crippen molar-refractivity contribution in [3.8, 4) is 56.5 Å². The predicted octanol–water partition coefficient (Wildman–Crippen LogP) is 5.93. The molecule has 1 fully saturated rings. The van der Waals surface area contributed by atoms with E-state index in [0.717, 1.165) is 24.8 Å². The maximum Gasteiger partial charge on any atom is 0.239 e. The number of benzene rings is 3. The van der Waals surface area contributed by atoms with Crippen molar-refractivity contribution >= 4 is 22.7 Å². The number of hydrogen-bond acceptors (Lipinski definition) is 9. The molecule has 1 amide bonds. The highest BCUT2D eigenvalue weighted by atomic mass is 16.5. The van der Waals surface area contributed by atoms with Gasteiger partial charge in [-0.1, -0.05) is 23.4 Å². The molecule has 10 nitrogen and oxygen atoms in total. The van der Waals surface area contributed by atoms with Crippen molar-refractivity contribution in [2.45, 2.75) is 12.8 Å². The number of methoxy groups -OCH3 is 1. The van der Waals surface area contributed by atoms with Crippen molar-refractivity contribution in [2.75, 3.05) is 39.7 Å². The first-order valence-electron chi connectivity index (χ1n) is 14.0. The number of pyridine rings is 1. The second-order valence-electron chi connectivity index (χ2n) is 10.8. The van der Waals surface area contributed by atoms with Crippen LogP contribution in [0.5, 0.6) is 23.0 Å². The Balaban J connectivity index is 1.46. The number of phenolic OH excluding ortho intramolecular Hbond substituents is 2. The van der Waals surface area contributed by atoms with Crippen LogP contribution in [0.2, 0.25) is 0 Å². The van der Waals surface area contributed by atoms with Crippen LogP contribution in [0.3, 0.4) is 0 Å². The fourth-order valence-corrected chi connectivity index (χ4v) is 4.96. The predicted molar refractivity (Wildman–Crippen MR) is 163 cm³/mol. The fraction of sp³-hybridized carbons (Fsp3) is 0.242. The molecule has 43 heavy (non-hydrogen) atoms. The van der Waals surface area contributed by atoms with Gasteiger partial charge in [0.1, 0.15) is 40.8 Å². The molecule has 10 heteroatoms. The zero-order valence-electron chi connectivity index (χ0n) is 24.1. The third-order valence-electron chi connectivity index (χ3n) is 7.44. The number of aromatic nitrogens is 2. The SMILES string of the molecule is COc1ccc(-c2c(-c3cc(-c4ccc(OCCN(C)C)c5ncccc45)c(O)cc3O)noc2NC(=O)C2CC2)cc1. The number of hydrogen-bond donors (Lipinski definition) is 3. The Labute approximate surface area is 248 Å². The van der Waals surface area contributed by atoms with Crippen molar-refractivity contribution in [1.82, 2.24) is 15.0 Å². The lowest BCUT2D eigenvalue weighted by molar-refractivity contribution is -0.117. The summed E-state index contributed by atoms with van der Waals surface area (Å²) >= 11 is 0. The van der Waals surface area contributed by atoms with Crippen molar-refractivity contribution in [2.24, 2.45) is 5.92 Å². The van der Waals surface area contributed by atoms with Crippen LogP contribution in [0.1, 0.15) is 12.8 Å². The summed E-state index contributed by atoms with van der Waals surface area (Å²) in [6.45, 7) is 1.24. The second kappa shape index (κ2) is 11.7.